The first-order valence-electron chi connectivity index (χ1n) is 9.05. The summed E-state index contributed by atoms with van der Waals surface area (Å²) in [7, 11) is 0. The van der Waals surface area contributed by atoms with Crippen molar-refractivity contribution < 1.29 is 13.5 Å². The maximum atomic E-state index is 12.6. The Labute approximate surface area is 173 Å². The van der Waals surface area contributed by atoms with Crippen LogP contribution in [0.25, 0.3) is 0 Å². The fraction of sp³-hybridized carbons (Fsp3) is 0.238. The van der Waals surface area contributed by atoms with Gasteiger partial charge in [-0.3, -0.25) is 4.68 Å². The van der Waals surface area contributed by atoms with Crippen LogP contribution < -0.4 is 15.4 Å². The number of nitrogens with one attached hydrogen (secondary N) is 2. The van der Waals surface area contributed by atoms with E-state index in [0.717, 1.165) is 22.6 Å². The van der Waals surface area contributed by atoms with Gasteiger partial charge < -0.3 is 15.4 Å². The van der Waals surface area contributed by atoms with E-state index < -0.39 is 6.61 Å². The average molecular weight is 416 g/mol. The lowest BCUT2D eigenvalue weighted by Gasteiger charge is -2.14. The zero-order chi connectivity index (χ0) is 21.0. The topological polar surface area (TPSA) is 51.1 Å². The zero-order valence-corrected chi connectivity index (χ0v) is 17.2. The minimum absolute atomic E-state index is 0.0234. The molecule has 0 aliphatic heterocycles. The minimum Gasteiger partial charge on any atom is -0.433 e. The molecular weight excluding hydrogens is 394 g/mol. The van der Waals surface area contributed by atoms with Crippen LogP contribution in [0.1, 0.15) is 22.5 Å². The third kappa shape index (κ3) is 5.29. The summed E-state index contributed by atoms with van der Waals surface area (Å²) in [5, 5.41) is 10.9. The lowest BCUT2D eigenvalue weighted by molar-refractivity contribution is -0.0493. The molecule has 29 heavy (non-hydrogen) atoms. The van der Waals surface area contributed by atoms with Gasteiger partial charge in [-0.05, 0) is 50.7 Å². The first-order valence-corrected chi connectivity index (χ1v) is 9.45. The molecule has 0 aliphatic rings. The summed E-state index contributed by atoms with van der Waals surface area (Å²) in [5.41, 5.74) is 5.19. The van der Waals surface area contributed by atoms with E-state index >= 15 is 0 Å². The van der Waals surface area contributed by atoms with Gasteiger partial charge in [0.05, 0.1) is 29.3 Å². The van der Waals surface area contributed by atoms with Crippen LogP contribution in [-0.2, 0) is 6.54 Å². The number of thiocarbonyl (C=S) groups is 1. The Balaban J connectivity index is 1.74. The second-order valence-electron chi connectivity index (χ2n) is 6.65. The van der Waals surface area contributed by atoms with Crippen LogP contribution in [0.15, 0.2) is 48.5 Å². The standard InChI is InChI=1S/C21H22F2N4OS/c1-13-7-6-8-16(11-13)12-27-15(3)19(14(2)26-27)25-21(29)24-17-9-4-5-10-18(17)28-20(22)23/h4-11,20H,12H2,1-3H3,(H2,24,25,29). The molecule has 0 aliphatic carbocycles. The molecule has 0 radical (unpaired) electrons. The van der Waals surface area contributed by atoms with E-state index in [1.165, 1.54) is 11.6 Å². The van der Waals surface area contributed by atoms with Crippen LogP contribution >= 0.6 is 12.2 Å². The number of alkyl halides is 2. The highest BCUT2D eigenvalue weighted by Crippen LogP contribution is 2.26. The van der Waals surface area contributed by atoms with Gasteiger partial charge in [0.1, 0.15) is 5.75 Å². The highest BCUT2D eigenvalue weighted by atomic mass is 32.1. The van der Waals surface area contributed by atoms with Crippen molar-refractivity contribution in [1.29, 1.82) is 0 Å². The van der Waals surface area contributed by atoms with Crippen molar-refractivity contribution in [2.75, 3.05) is 10.6 Å². The first kappa shape index (κ1) is 20.7. The average Bonchev–Trinajstić information content (AvgIpc) is 2.90. The summed E-state index contributed by atoms with van der Waals surface area (Å²) in [6.07, 6.45) is 0. The highest BCUT2D eigenvalue weighted by molar-refractivity contribution is 7.80. The Hall–Kier alpha value is -3.00. The second-order valence-corrected chi connectivity index (χ2v) is 7.05. The van der Waals surface area contributed by atoms with E-state index in [9.17, 15) is 8.78 Å². The number of para-hydroxylation sites is 2. The molecule has 0 atom stereocenters. The molecule has 5 nitrogen and oxygen atoms in total. The molecule has 152 valence electrons. The summed E-state index contributed by atoms with van der Waals surface area (Å²) in [6.45, 7) is 3.62. The number of aromatic nitrogens is 2. The third-order valence-electron chi connectivity index (χ3n) is 4.39. The third-order valence-corrected chi connectivity index (χ3v) is 4.59. The molecule has 3 aromatic rings. The number of rotatable bonds is 6. The Morgan fingerprint density at radius 1 is 1.10 bits per heavy atom. The molecule has 0 unspecified atom stereocenters. The van der Waals surface area contributed by atoms with E-state index in [-0.39, 0.29) is 10.9 Å². The number of benzene rings is 2. The van der Waals surface area contributed by atoms with Gasteiger partial charge in [0.15, 0.2) is 5.11 Å². The Kier molecular flexibility index (Phi) is 6.43. The first-order chi connectivity index (χ1) is 13.8. The van der Waals surface area contributed by atoms with Crippen LogP contribution in [0.4, 0.5) is 20.2 Å². The molecule has 0 spiro atoms. The molecule has 1 aromatic heterocycles. The zero-order valence-electron chi connectivity index (χ0n) is 16.4. The van der Waals surface area contributed by atoms with Gasteiger partial charge in [0.2, 0.25) is 0 Å². The highest BCUT2D eigenvalue weighted by Gasteiger charge is 2.15. The van der Waals surface area contributed by atoms with Gasteiger partial charge in [0, 0.05) is 0 Å². The van der Waals surface area contributed by atoms with Crippen molar-refractivity contribution in [1.82, 2.24) is 9.78 Å². The largest absolute Gasteiger partial charge is 0.433 e. The van der Waals surface area contributed by atoms with Gasteiger partial charge >= 0.3 is 6.61 Å². The van der Waals surface area contributed by atoms with Gasteiger partial charge in [0.25, 0.3) is 0 Å². The summed E-state index contributed by atoms with van der Waals surface area (Å²) in [6, 6.07) is 14.6. The van der Waals surface area contributed by atoms with Crippen molar-refractivity contribution in [3.8, 4) is 5.75 Å². The van der Waals surface area contributed by atoms with E-state index in [1.54, 1.807) is 18.2 Å². The fourth-order valence-corrected chi connectivity index (χ4v) is 3.26. The number of hydrogen-bond donors (Lipinski definition) is 2. The molecule has 3 rings (SSSR count). The Morgan fingerprint density at radius 2 is 1.86 bits per heavy atom. The summed E-state index contributed by atoms with van der Waals surface area (Å²) in [4.78, 5) is 0. The maximum Gasteiger partial charge on any atom is 0.387 e. The van der Waals surface area contributed by atoms with Gasteiger partial charge in [-0.15, -0.1) is 0 Å². The normalized spacial score (nSPS) is 10.8. The van der Waals surface area contributed by atoms with Crippen LogP contribution in [0.3, 0.4) is 0 Å². The van der Waals surface area contributed by atoms with Crippen molar-refractivity contribution in [3.63, 3.8) is 0 Å². The van der Waals surface area contributed by atoms with Crippen molar-refractivity contribution in [3.05, 3.63) is 71.0 Å². The minimum atomic E-state index is -2.91. The smallest absolute Gasteiger partial charge is 0.387 e. The van der Waals surface area contributed by atoms with E-state index in [2.05, 4.69) is 45.6 Å². The predicted molar refractivity (Wildman–Crippen MR) is 115 cm³/mol. The van der Waals surface area contributed by atoms with E-state index in [1.807, 2.05) is 24.6 Å². The number of anilines is 2. The van der Waals surface area contributed by atoms with Crippen molar-refractivity contribution in [2.24, 2.45) is 0 Å². The SMILES string of the molecule is Cc1cccc(Cn2nc(C)c(NC(=S)Nc3ccccc3OC(F)F)c2C)c1. The molecule has 0 saturated heterocycles. The van der Waals surface area contributed by atoms with E-state index in [4.69, 9.17) is 12.2 Å². The lowest BCUT2D eigenvalue weighted by Crippen LogP contribution is -2.20. The fourth-order valence-electron chi connectivity index (χ4n) is 3.05. The Bertz CT molecular complexity index is 1020. The second kappa shape index (κ2) is 9.00. The van der Waals surface area contributed by atoms with Crippen molar-refractivity contribution >= 4 is 28.7 Å². The van der Waals surface area contributed by atoms with Crippen LogP contribution in [-0.4, -0.2) is 21.5 Å². The molecule has 0 bridgehead atoms. The molecule has 2 aromatic carbocycles. The van der Waals surface area contributed by atoms with E-state index in [0.29, 0.717) is 12.2 Å². The number of halogens is 2. The van der Waals surface area contributed by atoms with Gasteiger partial charge in [-0.1, -0.05) is 42.0 Å². The Morgan fingerprint density at radius 3 is 2.59 bits per heavy atom. The number of ether oxygens (including phenoxy) is 1. The molecule has 8 heteroatoms. The molecular formula is C21H22F2N4OS. The maximum absolute atomic E-state index is 12.6. The van der Waals surface area contributed by atoms with Crippen LogP contribution in [0, 0.1) is 20.8 Å². The molecule has 0 amide bonds. The number of hydrogen-bond acceptors (Lipinski definition) is 3. The quantitative estimate of drug-likeness (QED) is 0.537. The molecule has 2 N–H and O–H groups in total. The van der Waals surface area contributed by atoms with Gasteiger partial charge in [-0.2, -0.15) is 13.9 Å². The number of aryl methyl sites for hydroxylation is 2. The van der Waals surface area contributed by atoms with Crippen molar-refractivity contribution in [2.45, 2.75) is 33.9 Å². The summed E-state index contributed by atoms with van der Waals surface area (Å²) < 4.78 is 31.6. The predicted octanol–water partition coefficient (Wildman–Crippen LogP) is 5.27. The summed E-state index contributed by atoms with van der Waals surface area (Å²) in [5.74, 6) is 0.0234. The summed E-state index contributed by atoms with van der Waals surface area (Å²) >= 11 is 5.36. The lowest BCUT2D eigenvalue weighted by atomic mass is 10.1. The number of nitrogens with zero attached hydrogens (tertiary/aromatic N) is 2. The van der Waals surface area contributed by atoms with Gasteiger partial charge in [-0.25, -0.2) is 0 Å². The monoisotopic (exact) mass is 416 g/mol. The molecule has 0 fully saturated rings. The van der Waals surface area contributed by atoms with Crippen LogP contribution in [0.2, 0.25) is 0 Å². The van der Waals surface area contributed by atoms with Crippen LogP contribution in [0.5, 0.6) is 5.75 Å². The molecule has 0 saturated carbocycles. The molecule has 1 heterocycles.